The molecule has 0 atom stereocenters. The molecule has 0 aliphatic rings. The van der Waals surface area contributed by atoms with Crippen molar-refractivity contribution in [1.29, 1.82) is 0 Å². The molecule has 0 saturated carbocycles. The number of benzene rings is 2. The van der Waals surface area contributed by atoms with Crippen molar-refractivity contribution >= 4 is 41.5 Å². The molecule has 1 heterocycles. The molecule has 0 radical (unpaired) electrons. The highest BCUT2D eigenvalue weighted by Gasteiger charge is 2.08. The Balaban J connectivity index is 0.00000320. The standard InChI is InChI=1S/C21H22FN5O2.HI/c1-14-3-5-15(6-4-14)20-27-18(13-29-20)11-24-21(23-2)25-12-19(28)26-17-9-7-16(22)8-10-17;/h3-10,13H,11-12H2,1-2H3,(H,26,28)(H2,23,24,25);1H. The number of carbonyl (C=O) groups excluding carboxylic acids is 1. The van der Waals surface area contributed by atoms with Crippen molar-refractivity contribution < 1.29 is 13.6 Å². The van der Waals surface area contributed by atoms with Crippen LogP contribution >= 0.6 is 24.0 Å². The summed E-state index contributed by atoms with van der Waals surface area (Å²) in [6.45, 7) is 2.41. The van der Waals surface area contributed by atoms with E-state index in [1.165, 1.54) is 29.8 Å². The van der Waals surface area contributed by atoms with Crippen molar-refractivity contribution in [2.24, 2.45) is 4.99 Å². The third-order valence-electron chi connectivity index (χ3n) is 4.06. The molecule has 1 amide bonds. The van der Waals surface area contributed by atoms with E-state index in [2.05, 4.69) is 25.9 Å². The van der Waals surface area contributed by atoms with Gasteiger partial charge in [-0.15, -0.1) is 24.0 Å². The van der Waals surface area contributed by atoms with Crippen molar-refractivity contribution in [2.45, 2.75) is 13.5 Å². The van der Waals surface area contributed by atoms with Gasteiger partial charge in [-0.05, 0) is 43.3 Å². The van der Waals surface area contributed by atoms with Gasteiger partial charge in [-0.3, -0.25) is 9.79 Å². The molecule has 0 bridgehead atoms. The van der Waals surface area contributed by atoms with Crippen molar-refractivity contribution in [3.8, 4) is 11.5 Å². The van der Waals surface area contributed by atoms with E-state index in [0.29, 0.717) is 29.8 Å². The quantitative estimate of drug-likeness (QED) is 0.261. The van der Waals surface area contributed by atoms with Crippen LogP contribution in [0.25, 0.3) is 11.5 Å². The first-order valence-corrected chi connectivity index (χ1v) is 9.05. The lowest BCUT2D eigenvalue weighted by Crippen LogP contribution is -2.41. The molecular weight excluding hydrogens is 500 g/mol. The molecule has 3 aromatic rings. The van der Waals surface area contributed by atoms with Crippen molar-refractivity contribution in [1.82, 2.24) is 15.6 Å². The van der Waals surface area contributed by atoms with E-state index in [4.69, 9.17) is 4.42 Å². The molecule has 0 aliphatic heterocycles. The Morgan fingerprint density at radius 3 is 2.47 bits per heavy atom. The number of hydrogen-bond acceptors (Lipinski definition) is 4. The van der Waals surface area contributed by atoms with Gasteiger partial charge in [0.1, 0.15) is 12.1 Å². The Hall–Kier alpha value is -2.95. The molecule has 0 unspecified atom stereocenters. The summed E-state index contributed by atoms with van der Waals surface area (Å²) in [4.78, 5) is 20.5. The second-order valence-corrected chi connectivity index (χ2v) is 6.34. The summed E-state index contributed by atoms with van der Waals surface area (Å²) in [5.74, 6) is 0.356. The second-order valence-electron chi connectivity index (χ2n) is 6.34. The molecule has 0 spiro atoms. The minimum absolute atomic E-state index is 0. The van der Waals surface area contributed by atoms with Crippen LogP contribution in [0.1, 0.15) is 11.3 Å². The first-order valence-electron chi connectivity index (χ1n) is 9.05. The number of nitrogens with zero attached hydrogens (tertiary/aromatic N) is 2. The summed E-state index contributed by atoms with van der Waals surface area (Å²) in [6, 6.07) is 13.5. The molecule has 3 N–H and O–H groups in total. The second kappa shape index (κ2) is 11.3. The summed E-state index contributed by atoms with van der Waals surface area (Å²) in [6.07, 6.45) is 1.58. The van der Waals surface area contributed by atoms with Gasteiger partial charge in [0, 0.05) is 18.3 Å². The van der Waals surface area contributed by atoms with Crippen LogP contribution in [0.3, 0.4) is 0 Å². The zero-order valence-corrected chi connectivity index (χ0v) is 18.9. The van der Waals surface area contributed by atoms with E-state index in [0.717, 1.165) is 5.56 Å². The van der Waals surface area contributed by atoms with Gasteiger partial charge in [-0.2, -0.15) is 0 Å². The SMILES string of the molecule is CN=C(NCC(=O)Nc1ccc(F)cc1)NCc1coc(-c2ccc(C)cc2)n1.I. The van der Waals surface area contributed by atoms with Crippen molar-refractivity contribution in [3.63, 3.8) is 0 Å². The summed E-state index contributed by atoms with van der Waals surface area (Å²) in [5.41, 5.74) is 3.30. The van der Waals surface area contributed by atoms with Gasteiger partial charge in [0.05, 0.1) is 18.8 Å². The number of anilines is 1. The first-order chi connectivity index (χ1) is 14.0. The van der Waals surface area contributed by atoms with Crippen LogP contribution in [0.4, 0.5) is 10.1 Å². The molecule has 0 aliphatic carbocycles. The summed E-state index contributed by atoms with van der Waals surface area (Å²) in [7, 11) is 1.60. The largest absolute Gasteiger partial charge is 0.444 e. The molecule has 7 nitrogen and oxygen atoms in total. The van der Waals surface area contributed by atoms with E-state index in [-0.39, 0.29) is 42.2 Å². The summed E-state index contributed by atoms with van der Waals surface area (Å²) in [5, 5.41) is 8.65. The fraction of sp³-hybridized carbons (Fsp3) is 0.190. The predicted molar refractivity (Wildman–Crippen MR) is 125 cm³/mol. The molecule has 0 saturated heterocycles. The first kappa shape index (κ1) is 23.3. The maximum Gasteiger partial charge on any atom is 0.243 e. The summed E-state index contributed by atoms with van der Waals surface area (Å²) < 4.78 is 18.4. The Bertz CT molecular complexity index is 987. The predicted octanol–water partition coefficient (Wildman–Crippen LogP) is 3.71. The number of aliphatic imine (C=N–C) groups is 1. The number of aromatic nitrogens is 1. The Morgan fingerprint density at radius 2 is 1.80 bits per heavy atom. The third kappa shape index (κ3) is 6.83. The van der Waals surface area contributed by atoms with Crippen LogP contribution in [-0.4, -0.2) is 30.4 Å². The van der Waals surface area contributed by atoms with Crippen LogP contribution in [0.5, 0.6) is 0 Å². The van der Waals surface area contributed by atoms with Gasteiger partial charge < -0.3 is 20.4 Å². The minimum atomic E-state index is -0.357. The molecule has 158 valence electrons. The number of guanidine groups is 1. The lowest BCUT2D eigenvalue weighted by Gasteiger charge is -2.11. The third-order valence-corrected chi connectivity index (χ3v) is 4.06. The molecule has 30 heavy (non-hydrogen) atoms. The van der Waals surface area contributed by atoms with Crippen LogP contribution in [0, 0.1) is 12.7 Å². The van der Waals surface area contributed by atoms with E-state index in [9.17, 15) is 9.18 Å². The van der Waals surface area contributed by atoms with Gasteiger partial charge in [0.2, 0.25) is 11.8 Å². The smallest absolute Gasteiger partial charge is 0.243 e. The number of rotatable bonds is 6. The zero-order valence-electron chi connectivity index (χ0n) is 16.6. The number of amides is 1. The fourth-order valence-electron chi connectivity index (χ4n) is 2.51. The average molecular weight is 523 g/mol. The molecular formula is C21H23FIN5O2. The number of carbonyl (C=O) groups is 1. The number of nitrogens with one attached hydrogen (secondary N) is 3. The maximum absolute atomic E-state index is 12.9. The van der Waals surface area contributed by atoms with Gasteiger partial charge in [0.25, 0.3) is 0 Å². The number of halogens is 2. The minimum Gasteiger partial charge on any atom is -0.444 e. The lowest BCUT2D eigenvalue weighted by molar-refractivity contribution is -0.115. The van der Waals surface area contributed by atoms with Gasteiger partial charge in [-0.25, -0.2) is 9.37 Å². The lowest BCUT2D eigenvalue weighted by atomic mass is 10.1. The molecule has 0 fully saturated rings. The van der Waals surface area contributed by atoms with Gasteiger partial charge in [-0.1, -0.05) is 17.7 Å². The van der Waals surface area contributed by atoms with Gasteiger partial charge >= 0.3 is 0 Å². The van der Waals surface area contributed by atoms with E-state index < -0.39 is 0 Å². The van der Waals surface area contributed by atoms with Crippen LogP contribution < -0.4 is 16.0 Å². The number of aryl methyl sites for hydroxylation is 1. The Morgan fingerprint density at radius 1 is 1.10 bits per heavy atom. The number of hydrogen-bond donors (Lipinski definition) is 3. The molecule has 2 aromatic carbocycles. The highest BCUT2D eigenvalue weighted by atomic mass is 127. The average Bonchev–Trinajstić information content (AvgIpc) is 3.19. The fourth-order valence-corrected chi connectivity index (χ4v) is 2.51. The van der Waals surface area contributed by atoms with Crippen LogP contribution in [0.2, 0.25) is 0 Å². The van der Waals surface area contributed by atoms with Crippen molar-refractivity contribution in [2.75, 3.05) is 18.9 Å². The van der Waals surface area contributed by atoms with Crippen LogP contribution in [-0.2, 0) is 11.3 Å². The van der Waals surface area contributed by atoms with Crippen molar-refractivity contribution in [3.05, 3.63) is 71.9 Å². The van der Waals surface area contributed by atoms with E-state index in [1.807, 2.05) is 31.2 Å². The normalized spacial score (nSPS) is 10.8. The van der Waals surface area contributed by atoms with Gasteiger partial charge in [0.15, 0.2) is 5.96 Å². The molecule has 3 rings (SSSR count). The Labute approximate surface area is 191 Å². The highest BCUT2D eigenvalue weighted by Crippen LogP contribution is 2.19. The van der Waals surface area contributed by atoms with E-state index in [1.54, 1.807) is 13.3 Å². The zero-order chi connectivity index (χ0) is 20.6. The molecule has 9 heteroatoms. The Kier molecular flexibility index (Phi) is 8.78. The topological polar surface area (TPSA) is 91.5 Å². The number of oxazole rings is 1. The van der Waals surface area contributed by atoms with E-state index >= 15 is 0 Å². The maximum atomic E-state index is 12.9. The monoisotopic (exact) mass is 523 g/mol. The molecule has 1 aromatic heterocycles. The summed E-state index contributed by atoms with van der Waals surface area (Å²) >= 11 is 0. The van der Waals surface area contributed by atoms with Crippen LogP contribution in [0.15, 0.2) is 64.2 Å². The highest BCUT2D eigenvalue weighted by molar-refractivity contribution is 14.0.